The lowest BCUT2D eigenvalue weighted by atomic mass is 10.2. The van der Waals surface area contributed by atoms with Gasteiger partial charge in [0.15, 0.2) is 0 Å². The molecule has 0 saturated carbocycles. The first-order chi connectivity index (χ1) is 7.25. The molecule has 2 nitrogen and oxygen atoms in total. The fourth-order valence-corrected chi connectivity index (χ4v) is 2.77. The van der Waals surface area contributed by atoms with E-state index in [9.17, 15) is 4.39 Å². The summed E-state index contributed by atoms with van der Waals surface area (Å²) in [6.07, 6.45) is 1.76. The van der Waals surface area contributed by atoms with Crippen LogP contribution < -0.4 is 5.73 Å². The van der Waals surface area contributed by atoms with Crippen LogP contribution in [0.15, 0.2) is 34.1 Å². The number of aromatic nitrogens is 1. The second kappa shape index (κ2) is 4.63. The van der Waals surface area contributed by atoms with E-state index in [2.05, 4.69) is 4.98 Å². The van der Waals surface area contributed by atoms with Gasteiger partial charge in [0, 0.05) is 23.0 Å². The van der Waals surface area contributed by atoms with Gasteiger partial charge in [0.1, 0.15) is 10.2 Å². The Kier molecular flexibility index (Phi) is 3.23. The minimum atomic E-state index is -0.296. The van der Waals surface area contributed by atoms with Crippen molar-refractivity contribution in [1.29, 1.82) is 0 Å². The maximum Gasteiger partial charge on any atom is 0.150 e. The van der Waals surface area contributed by atoms with Crippen molar-refractivity contribution in [2.24, 2.45) is 0 Å². The second-order valence-corrected chi connectivity index (χ2v) is 5.05. The van der Waals surface area contributed by atoms with Gasteiger partial charge in [-0.05, 0) is 17.7 Å². The van der Waals surface area contributed by atoms with Crippen molar-refractivity contribution in [2.75, 3.05) is 5.73 Å². The van der Waals surface area contributed by atoms with E-state index in [4.69, 9.17) is 5.73 Å². The van der Waals surface area contributed by atoms with Gasteiger partial charge in [-0.2, -0.15) is 0 Å². The molecule has 15 heavy (non-hydrogen) atoms. The van der Waals surface area contributed by atoms with Crippen molar-refractivity contribution in [3.05, 3.63) is 41.2 Å². The van der Waals surface area contributed by atoms with Gasteiger partial charge >= 0.3 is 0 Å². The number of anilines is 1. The molecule has 2 rings (SSSR count). The van der Waals surface area contributed by atoms with Crippen LogP contribution in [-0.4, -0.2) is 4.98 Å². The van der Waals surface area contributed by atoms with Crippen LogP contribution in [0.3, 0.4) is 0 Å². The zero-order valence-electron chi connectivity index (χ0n) is 7.81. The molecule has 5 heteroatoms. The van der Waals surface area contributed by atoms with E-state index in [0.29, 0.717) is 5.69 Å². The molecule has 0 saturated heterocycles. The number of rotatable bonds is 3. The average Bonchev–Trinajstić information content (AvgIpc) is 2.69. The molecule has 0 amide bonds. The highest BCUT2D eigenvalue weighted by Gasteiger charge is 2.03. The van der Waals surface area contributed by atoms with Gasteiger partial charge in [0.2, 0.25) is 0 Å². The highest BCUT2D eigenvalue weighted by Crippen LogP contribution is 2.27. The largest absolute Gasteiger partial charge is 0.398 e. The summed E-state index contributed by atoms with van der Waals surface area (Å²) in [5.41, 5.74) is 7.13. The average molecular weight is 240 g/mol. The quantitative estimate of drug-likeness (QED) is 0.661. The van der Waals surface area contributed by atoms with Crippen LogP contribution in [0, 0.1) is 5.82 Å². The number of benzene rings is 1. The van der Waals surface area contributed by atoms with Gasteiger partial charge in [-0.15, -0.1) is 11.3 Å². The molecule has 0 aliphatic rings. The molecule has 0 spiro atoms. The molecular weight excluding hydrogens is 231 g/mol. The number of hydrogen-bond donors (Lipinski definition) is 1. The van der Waals surface area contributed by atoms with E-state index in [1.165, 1.54) is 12.1 Å². The third-order valence-electron chi connectivity index (χ3n) is 1.87. The highest BCUT2D eigenvalue weighted by atomic mass is 32.2. The Hall–Kier alpha value is -1.07. The fourth-order valence-electron chi connectivity index (χ4n) is 1.12. The topological polar surface area (TPSA) is 38.9 Å². The fraction of sp³-hybridized carbons (Fsp3) is 0.100. The Bertz CT molecular complexity index is 443. The third kappa shape index (κ3) is 2.70. The van der Waals surface area contributed by atoms with Crippen molar-refractivity contribution < 1.29 is 4.39 Å². The molecule has 1 heterocycles. The summed E-state index contributed by atoms with van der Waals surface area (Å²) in [7, 11) is 0. The first-order valence-electron chi connectivity index (χ1n) is 4.32. The molecule has 2 aromatic rings. The number of nitrogens with two attached hydrogens (primary N) is 1. The minimum Gasteiger partial charge on any atom is -0.398 e. The molecule has 0 aliphatic heterocycles. The van der Waals surface area contributed by atoms with E-state index in [1.54, 1.807) is 35.4 Å². The Morgan fingerprint density at radius 3 is 3.00 bits per heavy atom. The van der Waals surface area contributed by atoms with Crippen LogP contribution >= 0.6 is 23.1 Å². The van der Waals surface area contributed by atoms with E-state index < -0.39 is 0 Å². The second-order valence-electron chi connectivity index (χ2n) is 2.93. The summed E-state index contributed by atoms with van der Waals surface area (Å²) in [4.78, 5) is 4.15. The Balaban J connectivity index is 2.05. The number of thiazole rings is 1. The molecule has 78 valence electrons. The standard InChI is InChI=1S/C10H9FN2S2/c11-8-2-1-7(9(12)5-8)6-15-10-13-3-4-14-10/h1-5H,6,12H2. The summed E-state index contributed by atoms with van der Waals surface area (Å²) in [6.45, 7) is 0. The lowest BCUT2D eigenvalue weighted by molar-refractivity contribution is 0.628. The van der Waals surface area contributed by atoms with Gasteiger partial charge in [0.25, 0.3) is 0 Å². The molecule has 2 N–H and O–H groups in total. The van der Waals surface area contributed by atoms with Gasteiger partial charge in [0.05, 0.1) is 0 Å². The molecule has 0 fully saturated rings. The van der Waals surface area contributed by atoms with E-state index in [-0.39, 0.29) is 5.82 Å². The summed E-state index contributed by atoms with van der Waals surface area (Å²) < 4.78 is 13.8. The number of nitrogens with zero attached hydrogens (tertiary/aromatic N) is 1. The smallest absolute Gasteiger partial charge is 0.150 e. The maximum atomic E-state index is 12.8. The highest BCUT2D eigenvalue weighted by molar-refractivity contribution is 8.00. The van der Waals surface area contributed by atoms with Crippen molar-refractivity contribution in [2.45, 2.75) is 10.1 Å². The predicted molar refractivity (Wildman–Crippen MR) is 62.5 cm³/mol. The molecule has 1 aromatic carbocycles. The molecule has 0 bridgehead atoms. The Labute approximate surface area is 95.3 Å². The van der Waals surface area contributed by atoms with Crippen LogP contribution in [0.4, 0.5) is 10.1 Å². The van der Waals surface area contributed by atoms with Crippen molar-refractivity contribution in [1.82, 2.24) is 4.98 Å². The first-order valence-corrected chi connectivity index (χ1v) is 6.18. The number of thioether (sulfide) groups is 1. The number of hydrogen-bond acceptors (Lipinski definition) is 4. The summed E-state index contributed by atoms with van der Waals surface area (Å²) >= 11 is 3.19. The predicted octanol–water partition coefficient (Wildman–Crippen LogP) is 3.16. The van der Waals surface area contributed by atoms with Crippen molar-refractivity contribution in [3.8, 4) is 0 Å². The molecule has 0 unspecified atom stereocenters. The molecule has 0 aliphatic carbocycles. The minimum absolute atomic E-state index is 0.296. The van der Waals surface area contributed by atoms with E-state index >= 15 is 0 Å². The Morgan fingerprint density at radius 2 is 2.33 bits per heavy atom. The summed E-state index contributed by atoms with van der Waals surface area (Å²) in [6, 6.07) is 4.48. The van der Waals surface area contributed by atoms with E-state index in [1.807, 2.05) is 5.38 Å². The first kappa shape index (κ1) is 10.4. The van der Waals surface area contributed by atoms with Crippen molar-refractivity contribution >= 4 is 28.8 Å². The normalized spacial score (nSPS) is 10.5. The zero-order valence-corrected chi connectivity index (χ0v) is 9.45. The third-order valence-corrected chi connectivity index (χ3v) is 3.88. The molecule has 0 radical (unpaired) electrons. The van der Waals surface area contributed by atoms with Gasteiger partial charge in [-0.1, -0.05) is 17.8 Å². The van der Waals surface area contributed by atoms with Crippen LogP contribution in [0.1, 0.15) is 5.56 Å². The number of halogens is 1. The van der Waals surface area contributed by atoms with Crippen molar-refractivity contribution in [3.63, 3.8) is 0 Å². The zero-order chi connectivity index (χ0) is 10.7. The van der Waals surface area contributed by atoms with Gasteiger partial charge in [-0.3, -0.25) is 0 Å². The van der Waals surface area contributed by atoms with Crippen LogP contribution in [0.5, 0.6) is 0 Å². The lowest BCUT2D eigenvalue weighted by Crippen LogP contribution is -1.93. The van der Waals surface area contributed by atoms with Gasteiger partial charge in [-0.25, -0.2) is 9.37 Å². The molecule has 1 aromatic heterocycles. The van der Waals surface area contributed by atoms with E-state index in [0.717, 1.165) is 15.7 Å². The molecular formula is C10H9FN2S2. The number of nitrogen functional groups attached to an aromatic ring is 1. The SMILES string of the molecule is Nc1cc(F)ccc1CSc1nccs1. The summed E-state index contributed by atoms with van der Waals surface area (Å²) in [5, 5.41) is 1.93. The Morgan fingerprint density at radius 1 is 1.47 bits per heavy atom. The molecule has 0 atom stereocenters. The van der Waals surface area contributed by atoms with Crippen LogP contribution in [0.25, 0.3) is 0 Å². The van der Waals surface area contributed by atoms with Crippen LogP contribution in [-0.2, 0) is 5.75 Å². The van der Waals surface area contributed by atoms with Crippen LogP contribution in [0.2, 0.25) is 0 Å². The monoisotopic (exact) mass is 240 g/mol. The lowest BCUT2D eigenvalue weighted by Gasteiger charge is -2.03. The van der Waals surface area contributed by atoms with Gasteiger partial charge < -0.3 is 5.73 Å². The summed E-state index contributed by atoms with van der Waals surface area (Å²) in [5.74, 6) is 0.426. The maximum absolute atomic E-state index is 12.8.